The zero-order valence-electron chi connectivity index (χ0n) is 7.69. The number of aldehydes is 2. The summed E-state index contributed by atoms with van der Waals surface area (Å²) in [5.41, 5.74) is 0. The van der Waals surface area contributed by atoms with Crippen LogP contribution in [0.3, 0.4) is 0 Å². The second kappa shape index (κ2) is 16.4. The lowest BCUT2D eigenvalue weighted by molar-refractivity contribution is -0.104. The summed E-state index contributed by atoms with van der Waals surface area (Å²) in [4.78, 5) is 18.9. The molecule has 0 heterocycles. The van der Waals surface area contributed by atoms with Crippen LogP contribution in [0.5, 0.6) is 0 Å². The van der Waals surface area contributed by atoms with E-state index in [0.717, 1.165) is 25.4 Å². The first kappa shape index (κ1) is 13.4. The van der Waals surface area contributed by atoms with Crippen molar-refractivity contribution in [3.63, 3.8) is 0 Å². The highest BCUT2D eigenvalue weighted by molar-refractivity contribution is 5.64. The van der Waals surface area contributed by atoms with Crippen LogP contribution in [0.1, 0.15) is 26.7 Å². The summed E-state index contributed by atoms with van der Waals surface area (Å²) in [6.07, 6.45) is 10.2. The van der Waals surface area contributed by atoms with Gasteiger partial charge in [0.2, 0.25) is 0 Å². The van der Waals surface area contributed by atoms with Gasteiger partial charge in [-0.25, -0.2) is 0 Å². The molecular formula is C10H16O2. The number of hydrogen-bond donors (Lipinski definition) is 0. The second-order valence-electron chi connectivity index (χ2n) is 2.01. The summed E-state index contributed by atoms with van der Waals surface area (Å²) in [5, 5.41) is 0. The van der Waals surface area contributed by atoms with Gasteiger partial charge in [0.25, 0.3) is 0 Å². The fourth-order valence-corrected chi connectivity index (χ4v) is 0.397. The van der Waals surface area contributed by atoms with Crippen LogP contribution in [0.4, 0.5) is 0 Å². The van der Waals surface area contributed by atoms with E-state index in [1.54, 1.807) is 13.0 Å². The van der Waals surface area contributed by atoms with Gasteiger partial charge < -0.3 is 0 Å². The first-order valence-corrected chi connectivity index (χ1v) is 4.00. The third-order valence-electron chi connectivity index (χ3n) is 0.941. The maximum Gasteiger partial charge on any atom is 0.142 e. The average molecular weight is 168 g/mol. The topological polar surface area (TPSA) is 34.1 Å². The molecule has 2 nitrogen and oxygen atoms in total. The molecule has 0 aliphatic rings. The van der Waals surface area contributed by atoms with Crippen molar-refractivity contribution in [1.82, 2.24) is 0 Å². The summed E-state index contributed by atoms with van der Waals surface area (Å²) in [6.45, 7) is 3.88. The number of carbonyl (C=O) groups is 2. The van der Waals surface area contributed by atoms with Crippen LogP contribution in [0.2, 0.25) is 0 Å². The van der Waals surface area contributed by atoms with Crippen LogP contribution in [0.15, 0.2) is 24.3 Å². The van der Waals surface area contributed by atoms with Crippen molar-refractivity contribution >= 4 is 12.6 Å². The molecule has 0 aliphatic carbocycles. The van der Waals surface area contributed by atoms with Crippen molar-refractivity contribution in [3.8, 4) is 0 Å². The van der Waals surface area contributed by atoms with Gasteiger partial charge in [0.1, 0.15) is 12.6 Å². The van der Waals surface area contributed by atoms with Gasteiger partial charge in [0.15, 0.2) is 0 Å². The molecule has 0 rings (SSSR count). The summed E-state index contributed by atoms with van der Waals surface area (Å²) in [6, 6.07) is 0. The third kappa shape index (κ3) is 23.2. The molecule has 0 unspecified atom stereocenters. The highest BCUT2D eigenvalue weighted by atomic mass is 16.1. The van der Waals surface area contributed by atoms with E-state index in [1.165, 1.54) is 12.2 Å². The van der Waals surface area contributed by atoms with Crippen molar-refractivity contribution in [1.29, 1.82) is 0 Å². The largest absolute Gasteiger partial charge is 0.299 e. The number of unbranched alkanes of at least 4 members (excludes halogenated alkanes) is 1. The maximum absolute atomic E-state index is 9.59. The van der Waals surface area contributed by atoms with E-state index in [0.29, 0.717) is 0 Å². The molecular weight excluding hydrogens is 152 g/mol. The van der Waals surface area contributed by atoms with Gasteiger partial charge in [-0.3, -0.25) is 9.59 Å². The third-order valence-corrected chi connectivity index (χ3v) is 0.941. The molecule has 0 saturated heterocycles. The molecule has 0 atom stereocenters. The molecule has 0 saturated carbocycles. The Labute approximate surface area is 74.0 Å². The van der Waals surface area contributed by atoms with Crippen molar-refractivity contribution in [3.05, 3.63) is 24.3 Å². The molecule has 0 fully saturated rings. The lowest BCUT2D eigenvalue weighted by Gasteiger charge is -1.76. The van der Waals surface area contributed by atoms with E-state index < -0.39 is 0 Å². The van der Waals surface area contributed by atoms with Gasteiger partial charge in [0, 0.05) is 0 Å². The molecule has 12 heavy (non-hydrogen) atoms. The van der Waals surface area contributed by atoms with Gasteiger partial charge in [-0.1, -0.05) is 25.5 Å². The van der Waals surface area contributed by atoms with Crippen molar-refractivity contribution < 1.29 is 9.59 Å². The Kier molecular flexibility index (Phi) is 18.4. The maximum atomic E-state index is 9.59. The van der Waals surface area contributed by atoms with Gasteiger partial charge in [-0.2, -0.15) is 0 Å². The fraction of sp³-hybridized carbons (Fsp3) is 0.400. The number of carbonyl (C=O) groups excluding carboxylic acids is 2. The van der Waals surface area contributed by atoms with E-state index in [-0.39, 0.29) is 0 Å². The molecule has 0 radical (unpaired) electrons. The molecule has 0 spiro atoms. The van der Waals surface area contributed by atoms with Crippen LogP contribution in [-0.4, -0.2) is 12.6 Å². The summed E-state index contributed by atoms with van der Waals surface area (Å²) in [5.74, 6) is 0. The fourth-order valence-electron chi connectivity index (χ4n) is 0.397. The Balaban J connectivity index is 0. The van der Waals surface area contributed by atoms with Crippen molar-refractivity contribution in [2.75, 3.05) is 0 Å². The standard InChI is InChI=1S/C6H10O.C4H6O/c1-2-3-4-5-6-7;1-2-3-4-5/h4-6H,2-3H2,1H3;2-4H,1H3. The zero-order valence-corrected chi connectivity index (χ0v) is 7.69. The van der Waals surface area contributed by atoms with E-state index in [4.69, 9.17) is 0 Å². The zero-order chi connectivity index (χ0) is 9.66. The molecule has 0 aromatic carbocycles. The number of allylic oxidation sites excluding steroid dienone is 4. The van der Waals surface area contributed by atoms with Crippen molar-refractivity contribution in [2.24, 2.45) is 0 Å². The minimum Gasteiger partial charge on any atom is -0.299 e. The average Bonchev–Trinajstić information content (AvgIpc) is 2.08. The molecule has 0 aromatic rings. The molecule has 2 heteroatoms. The van der Waals surface area contributed by atoms with Crippen LogP contribution in [0.25, 0.3) is 0 Å². The molecule has 0 amide bonds. The smallest absolute Gasteiger partial charge is 0.142 e. The molecule has 68 valence electrons. The highest BCUT2D eigenvalue weighted by Gasteiger charge is 1.67. The molecule has 0 aromatic heterocycles. The minimum atomic E-state index is 0.750. The molecule has 0 aliphatic heterocycles. The van der Waals surface area contributed by atoms with E-state index in [1.807, 2.05) is 6.08 Å². The van der Waals surface area contributed by atoms with E-state index in [2.05, 4.69) is 6.92 Å². The van der Waals surface area contributed by atoms with Gasteiger partial charge in [-0.05, 0) is 25.5 Å². The minimum absolute atomic E-state index is 0.750. The summed E-state index contributed by atoms with van der Waals surface area (Å²) in [7, 11) is 0. The van der Waals surface area contributed by atoms with Crippen molar-refractivity contribution in [2.45, 2.75) is 26.7 Å². The lowest BCUT2D eigenvalue weighted by Crippen LogP contribution is -1.61. The normalized spacial score (nSPS) is 9.50. The quantitative estimate of drug-likeness (QED) is 0.477. The van der Waals surface area contributed by atoms with Gasteiger partial charge in [0.05, 0.1) is 0 Å². The predicted molar refractivity (Wildman–Crippen MR) is 51.0 cm³/mol. The number of hydrogen-bond acceptors (Lipinski definition) is 2. The van der Waals surface area contributed by atoms with Gasteiger partial charge in [-0.15, -0.1) is 0 Å². The van der Waals surface area contributed by atoms with Gasteiger partial charge >= 0.3 is 0 Å². The Bertz CT molecular complexity index is 146. The van der Waals surface area contributed by atoms with Crippen LogP contribution in [-0.2, 0) is 9.59 Å². The van der Waals surface area contributed by atoms with Crippen LogP contribution < -0.4 is 0 Å². The van der Waals surface area contributed by atoms with Crippen LogP contribution >= 0.6 is 0 Å². The Morgan fingerprint density at radius 3 is 1.92 bits per heavy atom. The Morgan fingerprint density at radius 2 is 1.67 bits per heavy atom. The Hall–Kier alpha value is -1.18. The summed E-state index contributed by atoms with van der Waals surface area (Å²) >= 11 is 0. The first-order valence-electron chi connectivity index (χ1n) is 4.00. The number of rotatable bonds is 4. The van der Waals surface area contributed by atoms with E-state index >= 15 is 0 Å². The van der Waals surface area contributed by atoms with E-state index in [9.17, 15) is 9.59 Å². The predicted octanol–water partition coefficient (Wildman–Crippen LogP) is 2.30. The van der Waals surface area contributed by atoms with Crippen LogP contribution in [0, 0.1) is 0 Å². The highest BCUT2D eigenvalue weighted by Crippen LogP contribution is 1.85. The first-order chi connectivity index (χ1) is 5.83. The Morgan fingerprint density at radius 1 is 1.08 bits per heavy atom. The summed E-state index contributed by atoms with van der Waals surface area (Å²) < 4.78 is 0. The molecule has 0 bridgehead atoms. The lowest BCUT2D eigenvalue weighted by atomic mass is 10.3. The monoisotopic (exact) mass is 168 g/mol. The second-order valence-corrected chi connectivity index (χ2v) is 2.01. The SMILES string of the molecule is CC=CC=O.CCCC=CC=O. The molecule has 0 N–H and O–H groups in total.